The van der Waals surface area contributed by atoms with Gasteiger partial charge in [-0.15, -0.1) is 11.3 Å². The van der Waals surface area contributed by atoms with E-state index in [0.29, 0.717) is 33.9 Å². The van der Waals surface area contributed by atoms with Gasteiger partial charge in [-0.25, -0.2) is 4.79 Å². The van der Waals surface area contributed by atoms with Crippen molar-refractivity contribution in [2.75, 3.05) is 5.32 Å². The minimum Gasteiger partial charge on any atom is -0.324 e. The summed E-state index contributed by atoms with van der Waals surface area (Å²) in [7, 11) is 0. The maximum absolute atomic E-state index is 12.7. The van der Waals surface area contributed by atoms with Gasteiger partial charge < -0.3 is 5.32 Å². The average molecular weight is 392 g/mol. The monoisotopic (exact) mass is 391 g/mol. The Labute approximate surface area is 158 Å². The number of aromatic nitrogens is 2. The Balaban J connectivity index is 1.99. The summed E-state index contributed by atoms with van der Waals surface area (Å²) < 4.78 is 3.01. The van der Waals surface area contributed by atoms with Gasteiger partial charge >= 0.3 is 5.69 Å². The maximum atomic E-state index is 12.7. The highest BCUT2D eigenvalue weighted by molar-refractivity contribution is 7.17. The molecular formula is C18H18ClN3O3S. The maximum Gasteiger partial charge on any atom is 0.332 e. The third-order valence-electron chi connectivity index (χ3n) is 4.06. The molecule has 1 amide bonds. The minimum absolute atomic E-state index is 0.179. The van der Waals surface area contributed by atoms with Crippen LogP contribution in [-0.2, 0) is 17.9 Å². The first-order chi connectivity index (χ1) is 12.4. The van der Waals surface area contributed by atoms with E-state index in [9.17, 15) is 14.4 Å². The Hall–Kier alpha value is -2.38. The first kappa shape index (κ1) is 18.4. The summed E-state index contributed by atoms with van der Waals surface area (Å²) >= 11 is 7.25. The molecule has 3 rings (SSSR count). The molecule has 0 saturated carbocycles. The summed E-state index contributed by atoms with van der Waals surface area (Å²) in [6.45, 7) is 3.89. The number of nitrogens with one attached hydrogen (secondary N) is 1. The van der Waals surface area contributed by atoms with Crippen LogP contribution in [-0.4, -0.2) is 15.0 Å². The van der Waals surface area contributed by atoms with E-state index in [2.05, 4.69) is 5.32 Å². The summed E-state index contributed by atoms with van der Waals surface area (Å²) in [5.41, 5.74) is 1.17. The smallest absolute Gasteiger partial charge is 0.324 e. The number of amides is 1. The highest BCUT2D eigenvalue weighted by Gasteiger charge is 2.16. The van der Waals surface area contributed by atoms with E-state index in [1.807, 2.05) is 19.9 Å². The second kappa shape index (κ2) is 7.47. The lowest BCUT2D eigenvalue weighted by molar-refractivity contribution is -0.116. The molecule has 26 heavy (non-hydrogen) atoms. The number of anilines is 1. The van der Waals surface area contributed by atoms with Crippen molar-refractivity contribution in [3.8, 4) is 0 Å². The number of hydrogen-bond donors (Lipinski definition) is 1. The lowest BCUT2D eigenvalue weighted by Gasteiger charge is -2.13. The highest BCUT2D eigenvalue weighted by atomic mass is 35.5. The van der Waals surface area contributed by atoms with Gasteiger partial charge in [0.1, 0.15) is 11.2 Å². The molecule has 1 aromatic carbocycles. The summed E-state index contributed by atoms with van der Waals surface area (Å²) in [6.07, 6.45) is 0.653. The third-order valence-corrected chi connectivity index (χ3v) is 5.19. The van der Waals surface area contributed by atoms with Crippen molar-refractivity contribution in [2.24, 2.45) is 0 Å². The topological polar surface area (TPSA) is 73.1 Å². The molecule has 2 heterocycles. The number of halogens is 1. The van der Waals surface area contributed by atoms with Crippen LogP contribution in [0.3, 0.4) is 0 Å². The van der Waals surface area contributed by atoms with E-state index < -0.39 is 5.69 Å². The summed E-state index contributed by atoms with van der Waals surface area (Å²) in [5, 5.41) is 5.04. The van der Waals surface area contributed by atoms with E-state index in [4.69, 9.17) is 11.6 Å². The SMILES string of the molecule is CCCn1c(=O)c2sccc2n(CC(=O)Nc2cc(Cl)ccc2C)c1=O. The number of aryl methyl sites for hydroxylation is 1. The molecule has 3 aromatic rings. The van der Waals surface area contributed by atoms with Crippen LogP contribution in [0.2, 0.25) is 5.02 Å². The van der Waals surface area contributed by atoms with Gasteiger partial charge in [-0.3, -0.25) is 18.7 Å². The molecule has 6 nitrogen and oxygen atoms in total. The molecule has 0 bridgehead atoms. The number of benzene rings is 1. The molecule has 0 saturated heterocycles. The van der Waals surface area contributed by atoms with Crippen molar-refractivity contribution >= 4 is 44.7 Å². The predicted molar refractivity (Wildman–Crippen MR) is 105 cm³/mol. The second-order valence-electron chi connectivity index (χ2n) is 5.97. The fraction of sp³-hybridized carbons (Fsp3) is 0.278. The fourth-order valence-corrected chi connectivity index (χ4v) is 3.78. The Morgan fingerprint density at radius 2 is 2.00 bits per heavy atom. The van der Waals surface area contributed by atoms with Crippen molar-refractivity contribution in [2.45, 2.75) is 33.4 Å². The van der Waals surface area contributed by atoms with Crippen molar-refractivity contribution in [1.82, 2.24) is 9.13 Å². The number of carbonyl (C=O) groups is 1. The van der Waals surface area contributed by atoms with Gasteiger partial charge in [-0.1, -0.05) is 24.6 Å². The Morgan fingerprint density at radius 1 is 1.23 bits per heavy atom. The summed E-state index contributed by atoms with van der Waals surface area (Å²) in [6, 6.07) is 6.90. The number of thiophene rings is 1. The van der Waals surface area contributed by atoms with Crippen LogP contribution in [0.4, 0.5) is 5.69 Å². The van der Waals surface area contributed by atoms with Crippen LogP contribution in [0.15, 0.2) is 39.2 Å². The molecular weight excluding hydrogens is 374 g/mol. The molecule has 0 aliphatic rings. The molecule has 0 aliphatic heterocycles. The lowest BCUT2D eigenvalue weighted by Crippen LogP contribution is -2.41. The first-order valence-electron chi connectivity index (χ1n) is 8.19. The molecule has 2 aromatic heterocycles. The Bertz CT molecular complexity index is 1100. The van der Waals surface area contributed by atoms with Crippen LogP contribution in [0.5, 0.6) is 0 Å². The van der Waals surface area contributed by atoms with Gasteiger partial charge in [-0.05, 0) is 42.5 Å². The van der Waals surface area contributed by atoms with Crippen molar-refractivity contribution in [3.05, 3.63) is 61.1 Å². The largest absolute Gasteiger partial charge is 0.332 e. The second-order valence-corrected chi connectivity index (χ2v) is 7.32. The van der Waals surface area contributed by atoms with E-state index in [0.717, 1.165) is 5.56 Å². The van der Waals surface area contributed by atoms with Gasteiger partial charge in [0.05, 0.1) is 5.52 Å². The predicted octanol–water partition coefficient (Wildman–Crippen LogP) is 3.24. The van der Waals surface area contributed by atoms with E-state index >= 15 is 0 Å². The molecule has 8 heteroatoms. The molecule has 0 radical (unpaired) electrons. The molecule has 0 unspecified atom stereocenters. The zero-order chi connectivity index (χ0) is 18.8. The number of hydrogen-bond acceptors (Lipinski definition) is 4. The molecule has 136 valence electrons. The average Bonchev–Trinajstić information content (AvgIpc) is 3.08. The van der Waals surface area contributed by atoms with Crippen LogP contribution in [0, 0.1) is 6.92 Å². The Kier molecular flexibility index (Phi) is 5.29. The molecule has 1 N–H and O–H groups in total. The van der Waals surface area contributed by atoms with Crippen LogP contribution >= 0.6 is 22.9 Å². The van der Waals surface area contributed by atoms with Gasteiger partial charge in [-0.2, -0.15) is 0 Å². The normalized spacial score (nSPS) is 11.0. The molecule has 0 spiro atoms. The van der Waals surface area contributed by atoms with Crippen molar-refractivity contribution in [3.63, 3.8) is 0 Å². The first-order valence-corrected chi connectivity index (χ1v) is 9.45. The molecule has 0 fully saturated rings. The van der Waals surface area contributed by atoms with Crippen LogP contribution in [0.1, 0.15) is 18.9 Å². The molecule has 0 aliphatic carbocycles. The standard InChI is InChI=1S/C18H18ClN3O3S/c1-3-7-21-17(24)16-14(6-8-26-16)22(18(21)25)10-15(23)20-13-9-12(19)5-4-11(13)2/h4-6,8-9H,3,7,10H2,1-2H3,(H,20,23). The van der Waals surface area contributed by atoms with Gasteiger partial charge in [0.15, 0.2) is 0 Å². The zero-order valence-corrected chi connectivity index (χ0v) is 16.0. The summed E-state index contributed by atoms with van der Waals surface area (Å²) in [5.74, 6) is -0.355. The fourth-order valence-electron chi connectivity index (χ4n) is 2.77. The van der Waals surface area contributed by atoms with Crippen LogP contribution in [0.25, 0.3) is 10.2 Å². The number of fused-ring (bicyclic) bond motifs is 1. The third kappa shape index (κ3) is 3.45. The van der Waals surface area contributed by atoms with Crippen molar-refractivity contribution < 1.29 is 4.79 Å². The summed E-state index contributed by atoms with van der Waals surface area (Å²) in [4.78, 5) is 37.7. The minimum atomic E-state index is -0.472. The van der Waals surface area contributed by atoms with Gasteiger partial charge in [0, 0.05) is 17.3 Å². The quantitative estimate of drug-likeness (QED) is 0.725. The molecule has 0 atom stereocenters. The van der Waals surface area contributed by atoms with Gasteiger partial charge in [0.25, 0.3) is 5.56 Å². The zero-order valence-electron chi connectivity index (χ0n) is 14.4. The number of nitrogens with zero attached hydrogens (tertiary/aromatic N) is 2. The number of rotatable bonds is 5. The van der Waals surface area contributed by atoms with Gasteiger partial charge in [0.2, 0.25) is 5.91 Å². The van der Waals surface area contributed by atoms with Crippen molar-refractivity contribution in [1.29, 1.82) is 0 Å². The van der Waals surface area contributed by atoms with Crippen LogP contribution < -0.4 is 16.6 Å². The van der Waals surface area contributed by atoms with E-state index in [-0.39, 0.29) is 18.0 Å². The van der Waals surface area contributed by atoms with E-state index in [1.54, 1.807) is 23.6 Å². The highest BCUT2D eigenvalue weighted by Crippen LogP contribution is 2.20. The number of carbonyl (C=O) groups excluding carboxylic acids is 1. The lowest BCUT2D eigenvalue weighted by atomic mass is 10.2. The Morgan fingerprint density at radius 3 is 2.73 bits per heavy atom. The van der Waals surface area contributed by atoms with E-state index in [1.165, 1.54) is 20.5 Å².